The fraction of sp³-hybridized carbons (Fsp3) is 0.857. The minimum atomic E-state index is -0.110. The molecule has 0 heterocycles. The Bertz CT molecular complexity index is 302. The Balaban J connectivity index is 2.55. The van der Waals surface area contributed by atoms with Crippen molar-refractivity contribution in [3.05, 3.63) is 0 Å². The molecule has 0 aromatic carbocycles. The van der Waals surface area contributed by atoms with E-state index in [1.807, 2.05) is 25.9 Å². The van der Waals surface area contributed by atoms with Crippen LogP contribution >= 0.6 is 0 Å². The van der Waals surface area contributed by atoms with E-state index in [0.717, 1.165) is 32.2 Å². The fourth-order valence-electron chi connectivity index (χ4n) is 2.87. The molecule has 0 aliphatic heterocycles. The normalized spacial score (nSPS) is 25.8. The van der Waals surface area contributed by atoms with Crippen molar-refractivity contribution in [2.75, 3.05) is 20.6 Å². The van der Waals surface area contributed by atoms with Crippen LogP contribution in [0, 0.1) is 11.8 Å². The molecule has 1 rings (SSSR count). The summed E-state index contributed by atoms with van der Waals surface area (Å²) in [5, 5.41) is 3.03. The van der Waals surface area contributed by atoms with E-state index < -0.39 is 0 Å². The molecule has 4 heteroatoms. The molecule has 1 aliphatic carbocycles. The van der Waals surface area contributed by atoms with Crippen molar-refractivity contribution >= 4 is 11.7 Å². The number of nitrogens with zero attached hydrogens (tertiary/aromatic N) is 1. The molecule has 0 saturated heterocycles. The lowest BCUT2D eigenvalue weighted by molar-refractivity contribution is -0.134. The van der Waals surface area contributed by atoms with Crippen LogP contribution in [0.25, 0.3) is 0 Å². The third-order valence-electron chi connectivity index (χ3n) is 3.65. The second-order valence-electron chi connectivity index (χ2n) is 5.78. The minimum absolute atomic E-state index is 0.0595. The summed E-state index contributed by atoms with van der Waals surface area (Å²) in [6.45, 7) is 4.44. The maximum atomic E-state index is 12.2. The first-order valence-electron chi connectivity index (χ1n) is 6.87. The lowest BCUT2D eigenvalue weighted by atomic mass is 9.76. The standard InChI is InChI=1S/C14H26N2O2/c1-10(9-16(3)4)15-14(18)13-8-6-5-7-12(13)11(2)17/h10,12-13H,5-9H2,1-4H3,(H,15,18). The van der Waals surface area contributed by atoms with Crippen molar-refractivity contribution in [1.29, 1.82) is 0 Å². The summed E-state index contributed by atoms with van der Waals surface area (Å²) in [4.78, 5) is 25.9. The van der Waals surface area contributed by atoms with Crippen molar-refractivity contribution in [2.45, 2.75) is 45.6 Å². The van der Waals surface area contributed by atoms with Gasteiger partial charge in [0.25, 0.3) is 0 Å². The van der Waals surface area contributed by atoms with Gasteiger partial charge in [0.1, 0.15) is 5.78 Å². The second kappa shape index (κ2) is 6.88. The van der Waals surface area contributed by atoms with E-state index in [9.17, 15) is 9.59 Å². The number of Topliss-reactive ketones (excluding diaryl/α,β-unsaturated/α-hetero) is 1. The molecule has 3 unspecified atom stereocenters. The van der Waals surface area contributed by atoms with Gasteiger partial charge in [0, 0.05) is 24.4 Å². The van der Waals surface area contributed by atoms with E-state index >= 15 is 0 Å². The summed E-state index contributed by atoms with van der Waals surface area (Å²) in [6, 6.07) is 0.127. The molecule has 1 N–H and O–H groups in total. The van der Waals surface area contributed by atoms with E-state index in [-0.39, 0.29) is 29.6 Å². The third kappa shape index (κ3) is 4.41. The van der Waals surface area contributed by atoms with E-state index in [1.54, 1.807) is 6.92 Å². The molecule has 0 aromatic rings. The van der Waals surface area contributed by atoms with Crippen molar-refractivity contribution in [3.63, 3.8) is 0 Å². The van der Waals surface area contributed by atoms with Gasteiger partial charge >= 0.3 is 0 Å². The van der Waals surface area contributed by atoms with Crippen LogP contribution in [0.15, 0.2) is 0 Å². The predicted molar refractivity (Wildman–Crippen MR) is 72.3 cm³/mol. The maximum Gasteiger partial charge on any atom is 0.224 e. The summed E-state index contributed by atoms with van der Waals surface area (Å²) >= 11 is 0. The van der Waals surface area contributed by atoms with Gasteiger partial charge in [-0.1, -0.05) is 12.8 Å². The molecule has 104 valence electrons. The second-order valence-corrected chi connectivity index (χ2v) is 5.78. The van der Waals surface area contributed by atoms with Crippen LogP contribution in [0.1, 0.15) is 39.5 Å². The van der Waals surface area contributed by atoms with Crippen LogP contribution in [0.4, 0.5) is 0 Å². The number of carbonyl (C=O) groups is 2. The summed E-state index contributed by atoms with van der Waals surface area (Å²) in [6.07, 6.45) is 3.85. The molecule has 18 heavy (non-hydrogen) atoms. The average molecular weight is 254 g/mol. The molecular formula is C14H26N2O2. The molecule has 1 fully saturated rings. The van der Waals surface area contributed by atoms with E-state index in [1.165, 1.54) is 0 Å². The number of amides is 1. The Morgan fingerprint density at radius 3 is 2.28 bits per heavy atom. The fourth-order valence-corrected chi connectivity index (χ4v) is 2.87. The van der Waals surface area contributed by atoms with Crippen molar-refractivity contribution in [2.24, 2.45) is 11.8 Å². The van der Waals surface area contributed by atoms with Gasteiger partial charge in [-0.05, 0) is 40.8 Å². The number of ketones is 1. The minimum Gasteiger partial charge on any atom is -0.352 e. The van der Waals surface area contributed by atoms with Gasteiger partial charge in [0.15, 0.2) is 0 Å². The molecule has 3 atom stereocenters. The van der Waals surface area contributed by atoms with Gasteiger partial charge in [0.05, 0.1) is 0 Å². The highest BCUT2D eigenvalue weighted by molar-refractivity contribution is 5.87. The lowest BCUT2D eigenvalue weighted by Crippen LogP contribution is -2.45. The largest absolute Gasteiger partial charge is 0.352 e. The van der Waals surface area contributed by atoms with Crippen molar-refractivity contribution in [1.82, 2.24) is 10.2 Å². The molecular weight excluding hydrogens is 228 g/mol. The van der Waals surface area contributed by atoms with Crippen LogP contribution < -0.4 is 5.32 Å². The van der Waals surface area contributed by atoms with Gasteiger partial charge < -0.3 is 10.2 Å². The number of likely N-dealkylation sites (N-methyl/N-ethyl adjacent to an activating group) is 1. The first kappa shape index (κ1) is 15.2. The van der Waals surface area contributed by atoms with Crippen LogP contribution in [-0.2, 0) is 9.59 Å². The highest BCUT2D eigenvalue weighted by atomic mass is 16.2. The zero-order chi connectivity index (χ0) is 13.7. The first-order valence-corrected chi connectivity index (χ1v) is 6.87. The lowest BCUT2D eigenvalue weighted by Gasteiger charge is -2.30. The summed E-state index contributed by atoms with van der Waals surface area (Å²) in [7, 11) is 3.98. The third-order valence-corrected chi connectivity index (χ3v) is 3.65. The Kier molecular flexibility index (Phi) is 5.79. The number of nitrogens with one attached hydrogen (secondary N) is 1. The van der Waals surface area contributed by atoms with Crippen LogP contribution in [0.3, 0.4) is 0 Å². The highest BCUT2D eigenvalue weighted by Crippen LogP contribution is 2.30. The molecule has 0 spiro atoms. The zero-order valence-corrected chi connectivity index (χ0v) is 12.0. The quantitative estimate of drug-likeness (QED) is 0.808. The molecule has 0 aromatic heterocycles. The summed E-state index contributed by atoms with van der Waals surface area (Å²) in [5.74, 6) is 0.0468. The highest BCUT2D eigenvalue weighted by Gasteiger charge is 2.34. The van der Waals surface area contributed by atoms with E-state index in [2.05, 4.69) is 5.32 Å². The maximum absolute atomic E-state index is 12.2. The number of hydrogen-bond donors (Lipinski definition) is 1. The number of hydrogen-bond acceptors (Lipinski definition) is 3. The molecule has 1 amide bonds. The average Bonchev–Trinajstić information content (AvgIpc) is 2.27. The van der Waals surface area contributed by atoms with Crippen molar-refractivity contribution < 1.29 is 9.59 Å². The van der Waals surface area contributed by atoms with E-state index in [4.69, 9.17) is 0 Å². The van der Waals surface area contributed by atoms with Crippen molar-refractivity contribution in [3.8, 4) is 0 Å². The smallest absolute Gasteiger partial charge is 0.224 e. The number of carbonyl (C=O) groups excluding carboxylic acids is 2. The summed E-state index contributed by atoms with van der Waals surface area (Å²) < 4.78 is 0. The predicted octanol–water partition coefficient (Wildman–Crippen LogP) is 1.45. The molecule has 1 saturated carbocycles. The van der Waals surface area contributed by atoms with Gasteiger partial charge in [-0.25, -0.2) is 0 Å². The summed E-state index contributed by atoms with van der Waals surface area (Å²) in [5.41, 5.74) is 0. The molecule has 4 nitrogen and oxygen atoms in total. The Hall–Kier alpha value is -0.900. The Labute approximate surface area is 110 Å². The first-order chi connectivity index (χ1) is 8.41. The monoisotopic (exact) mass is 254 g/mol. The van der Waals surface area contributed by atoms with Gasteiger partial charge in [-0.3, -0.25) is 9.59 Å². The van der Waals surface area contributed by atoms with Crippen LogP contribution in [-0.4, -0.2) is 43.3 Å². The molecule has 1 aliphatic rings. The van der Waals surface area contributed by atoms with Crippen LogP contribution in [0.2, 0.25) is 0 Å². The topological polar surface area (TPSA) is 49.4 Å². The molecule has 0 bridgehead atoms. The Morgan fingerprint density at radius 1 is 1.22 bits per heavy atom. The Morgan fingerprint density at radius 2 is 1.78 bits per heavy atom. The van der Waals surface area contributed by atoms with Gasteiger partial charge in [0.2, 0.25) is 5.91 Å². The zero-order valence-electron chi connectivity index (χ0n) is 12.0. The van der Waals surface area contributed by atoms with Crippen LogP contribution in [0.5, 0.6) is 0 Å². The van der Waals surface area contributed by atoms with E-state index in [0.29, 0.717) is 0 Å². The molecule has 0 radical (unpaired) electrons. The van der Waals surface area contributed by atoms with Gasteiger partial charge in [-0.15, -0.1) is 0 Å². The number of rotatable bonds is 5. The van der Waals surface area contributed by atoms with Gasteiger partial charge in [-0.2, -0.15) is 0 Å². The SMILES string of the molecule is CC(=O)C1CCCCC1C(=O)NC(C)CN(C)C.